The van der Waals surface area contributed by atoms with Gasteiger partial charge in [0, 0.05) is 6.42 Å². The summed E-state index contributed by atoms with van der Waals surface area (Å²) in [4.78, 5) is 11.8. The molecule has 4 aliphatic rings. The molecule has 2 unspecified atom stereocenters. The maximum Gasteiger partial charge on any atom is 0.344 e. The molecule has 0 aliphatic heterocycles. The van der Waals surface area contributed by atoms with E-state index in [9.17, 15) is 9.90 Å². The van der Waals surface area contributed by atoms with Gasteiger partial charge >= 0.3 is 5.97 Å². The van der Waals surface area contributed by atoms with E-state index in [-0.39, 0.29) is 4.91 Å². The van der Waals surface area contributed by atoms with E-state index < -0.39 is 17.2 Å². The molecular formula is C13H18O3S. The second-order valence-corrected chi connectivity index (χ2v) is 6.74. The van der Waals surface area contributed by atoms with Crippen molar-refractivity contribution in [1.29, 1.82) is 0 Å². The molecule has 3 nitrogen and oxygen atoms in total. The second kappa shape index (κ2) is 3.51. The zero-order chi connectivity index (χ0) is 12.3. The molecule has 0 aromatic carbocycles. The second-order valence-electron chi connectivity index (χ2n) is 6.20. The van der Waals surface area contributed by atoms with Gasteiger partial charge in [0.15, 0.2) is 0 Å². The molecule has 4 aliphatic carbocycles. The molecule has 0 amide bonds. The van der Waals surface area contributed by atoms with Crippen molar-refractivity contribution in [2.24, 2.45) is 11.8 Å². The summed E-state index contributed by atoms with van der Waals surface area (Å²) in [7, 11) is 0. The minimum absolute atomic E-state index is 0.146. The molecule has 0 aromatic heterocycles. The fourth-order valence-corrected chi connectivity index (χ4v) is 4.55. The Hall–Kier alpha value is -0.480. The van der Waals surface area contributed by atoms with Gasteiger partial charge in [0.05, 0.1) is 10.5 Å². The highest BCUT2D eigenvalue weighted by molar-refractivity contribution is 7.85. The van der Waals surface area contributed by atoms with Crippen LogP contribution in [0.25, 0.3) is 0 Å². The minimum Gasteiger partial charge on any atom is -0.455 e. The van der Waals surface area contributed by atoms with Gasteiger partial charge in [0.25, 0.3) is 0 Å². The highest BCUT2D eigenvalue weighted by Crippen LogP contribution is 2.58. The van der Waals surface area contributed by atoms with E-state index in [1.165, 1.54) is 6.42 Å². The Morgan fingerprint density at radius 3 is 2.35 bits per heavy atom. The lowest BCUT2D eigenvalue weighted by molar-refractivity contribution is -0.216. The van der Waals surface area contributed by atoms with Crippen LogP contribution in [0.5, 0.6) is 0 Å². The first kappa shape index (κ1) is 11.6. The molecule has 0 heterocycles. The zero-order valence-electron chi connectivity index (χ0n) is 9.82. The normalized spacial score (nSPS) is 46.9. The van der Waals surface area contributed by atoms with Crippen molar-refractivity contribution < 1.29 is 14.6 Å². The van der Waals surface area contributed by atoms with Crippen LogP contribution in [-0.4, -0.2) is 22.3 Å². The molecular weight excluding hydrogens is 236 g/mol. The van der Waals surface area contributed by atoms with Gasteiger partial charge in [-0.25, -0.2) is 4.79 Å². The van der Waals surface area contributed by atoms with Crippen LogP contribution in [0.1, 0.15) is 38.5 Å². The van der Waals surface area contributed by atoms with Gasteiger partial charge in [-0.2, -0.15) is 0 Å². The number of thiol groups is 1. The van der Waals surface area contributed by atoms with E-state index in [0.29, 0.717) is 18.3 Å². The van der Waals surface area contributed by atoms with Crippen molar-refractivity contribution in [1.82, 2.24) is 0 Å². The van der Waals surface area contributed by atoms with Crippen LogP contribution < -0.4 is 0 Å². The predicted molar refractivity (Wildman–Crippen MR) is 66.6 cm³/mol. The van der Waals surface area contributed by atoms with Gasteiger partial charge < -0.3 is 9.84 Å². The Balaban J connectivity index is 1.83. The Labute approximate surface area is 107 Å². The fraction of sp³-hybridized carbons (Fsp3) is 0.769. The molecule has 4 fully saturated rings. The van der Waals surface area contributed by atoms with E-state index >= 15 is 0 Å². The number of hydrogen-bond donors (Lipinski definition) is 2. The third-order valence-electron chi connectivity index (χ3n) is 4.52. The lowest BCUT2D eigenvalue weighted by Gasteiger charge is -2.59. The van der Waals surface area contributed by atoms with Gasteiger partial charge in [-0.15, -0.1) is 12.6 Å². The van der Waals surface area contributed by atoms with E-state index in [4.69, 9.17) is 4.74 Å². The molecule has 4 saturated carbocycles. The summed E-state index contributed by atoms with van der Waals surface area (Å²) >= 11 is 3.93. The molecule has 2 atom stereocenters. The number of hydrogen-bond acceptors (Lipinski definition) is 4. The molecule has 4 rings (SSSR count). The average Bonchev–Trinajstić information content (AvgIpc) is 2.11. The SMILES string of the molecule is C=C(S)C(=O)OC12CC3CC(CC(O)(C3)C1)C2. The van der Waals surface area contributed by atoms with Gasteiger partial charge in [-0.05, 0) is 43.9 Å². The summed E-state index contributed by atoms with van der Waals surface area (Å²) in [6.45, 7) is 3.50. The standard InChI is InChI=1S/C13H18O3S/c1-8(17)11(14)16-13-5-9-2-10(6-13)4-12(15,3-9)7-13/h9-10,15,17H,1-7H2. The highest BCUT2D eigenvalue weighted by atomic mass is 32.1. The molecule has 0 saturated heterocycles. The van der Waals surface area contributed by atoms with Crippen LogP contribution in [0.3, 0.4) is 0 Å². The maximum absolute atomic E-state index is 11.7. The average molecular weight is 254 g/mol. The van der Waals surface area contributed by atoms with Crippen LogP contribution in [0.15, 0.2) is 11.5 Å². The summed E-state index contributed by atoms with van der Waals surface area (Å²) in [5.74, 6) is 0.600. The molecule has 17 heavy (non-hydrogen) atoms. The monoisotopic (exact) mass is 254 g/mol. The van der Waals surface area contributed by atoms with E-state index in [1.54, 1.807) is 0 Å². The third-order valence-corrected chi connectivity index (χ3v) is 4.70. The van der Waals surface area contributed by atoms with E-state index in [0.717, 1.165) is 25.7 Å². The minimum atomic E-state index is -0.595. The number of carbonyl (C=O) groups is 1. The Bertz CT molecular complexity index is 376. The molecule has 4 heteroatoms. The first-order valence-corrected chi connectivity index (χ1v) is 6.68. The zero-order valence-corrected chi connectivity index (χ0v) is 10.7. The van der Waals surface area contributed by atoms with Gasteiger partial charge in [-0.3, -0.25) is 0 Å². The van der Waals surface area contributed by atoms with Crippen LogP contribution in [0.4, 0.5) is 0 Å². The number of esters is 1. The van der Waals surface area contributed by atoms with Gasteiger partial charge in [0.2, 0.25) is 0 Å². The molecule has 94 valence electrons. The number of ether oxygens (including phenoxy) is 1. The Morgan fingerprint density at radius 2 is 1.88 bits per heavy atom. The van der Waals surface area contributed by atoms with Crippen molar-refractivity contribution in [3.05, 3.63) is 11.5 Å². The van der Waals surface area contributed by atoms with Gasteiger partial charge in [-0.1, -0.05) is 6.58 Å². The molecule has 1 N–H and O–H groups in total. The van der Waals surface area contributed by atoms with Crippen LogP contribution >= 0.6 is 12.6 Å². The summed E-state index contributed by atoms with van der Waals surface area (Å²) in [5.41, 5.74) is -1.04. The Kier molecular flexibility index (Phi) is 2.40. The topological polar surface area (TPSA) is 46.5 Å². The number of carbonyl (C=O) groups excluding carboxylic acids is 1. The van der Waals surface area contributed by atoms with Crippen LogP contribution in [0.2, 0.25) is 0 Å². The quantitative estimate of drug-likeness (QED) is 0.450. The highest BCUT2D eigenvalue weighted by Gasteiger charge is 2.59. The first-order valence-electron chi connectivity index (χ1n) is 6.23. The fourth-order valence-electron chi connectivity index (χ4n) is 4.51. The third kappa shape index (κ3) is 1.91. The Morgan fingerprint density at radius 1 is 1.29 bits per heavy atom. The van der Waals surface area contributed by atoms with Crippen molar-refractivity contribution in [3.8, 4) is 0 Å². The van der Waals surface area contributed by atoms with E-state index in [1.807, 2.05) is 0 Å². The van der Waals surface area contributed by atoms with Crippen molar-refractivity contribution in [3.63, 3.8) is 0 Å². The first-order chi connectivity index (χ1) is 7.90. The lowest BCUT2D eigenvalue weighted by atomic mass is 9.52. The van der Waals surface area contributed by atoms with Crippen LogP contribution in [-0.2, 0) is 9.53 Å². The summed E-state index contributed by atoms with van der Waals surface area (Å²) in [6, 6.07) is 0. The number of rotatable bonds is 2. The van der Waals surface area contributed by atoms with Gasteiger partial charge in [0.1, 0.15) is 5.60 Å². The molecule has 4 bridgehead atoms. The lowest BCUT2D eigenvalue weighted by Crippen LogP contribution is -2.60. The number of aliphatic hydroxyl groups is 1. The maximum atomic E-state index is 11.7. The van der Waals surface area contributed by atoms with Crippen molar-refractivity contribution in [2.45, 2.75) is 49.7 Å². The predicted octanol–water partition coefficient (Wildman–Crippen LogP) is 2.06. The van der Waals surface area contributed by atoms with Crippen molar-refractivity contribution in [2.75, 3.05) is 0 Å². The summed E-state index contributed by atoms with van der Waals surface area (Å²) in [5, 5.41) is 10.5. The smallest absolute Gasteiger partial charge is 0.344 e. The van der Waals surface area contributed by atoms with Crippen molar-refractivity contribution >= 4 is 18.6 Å². The summed E-state index contributed by atoms with van der Waals surface area (Å²) < 4.78 is 5.60. The molecule has 0 aromatic rings. The summed E-state index contributed by atoms with van der Waals surface area (Å²) in [6.07, 6.45) is 5.34. The molecule has 0 spiro atoms. The largest absolute Gasteiger partial charge is 0.455 e. The molecule has 0 radical (unpaired) electrons. The van der Waals surface area contributed by atoms with Crippen LogP contribution in [0, 0.1) is 11.8 Å². The van der Waals surface area contributed by atoms with E-state index in [2.05, 4.69) is 19.2 Å².